The van der Waals surface area contributed by atoms with Gasteiger partial charge in [-0.3, -0.25) is 19.3 Å². The van der Waals surface area contributed by atoms with Gasteiger partial charge < -0.3 is 9.47 Å². The molecule has 6 nitrogen and oxygen atoms in total. The van der Waals surface area contributed by atoms with E-state index < -0.39 is 0 Å². The van der Waals surface area contributed by atoms with E-state index in [4.69, 9.17) is 0 Å². The number of thioether (sulfide) groups is 1. The lowest BCUT2D eigenvalue weighted by Crippen LogP contribution is -2.34. The molecule has 2 aliphatic rings. The predicted octanol–water partition coefficient (Wildman–Crippen LogP) is 5.32. The van der Waals surface area contributed by atoms with Crippen molar-refractivity contribution in [1.29, 1.82) is 0 Å². The van der Waals surface area contributed by atoms with Crippen molar-refractivity contribution in [2.24, 2.45) is 0 Å². The molecule has 3 aromatic rings. The van der Waals surface area contributed by atoms with E-state index in [1.165, 1.54) is 17.7 Å². The Kier molecular flexibility index (Phi) is 7.04. The van der Waals surface area contributed by atoms with E-state index in [1.54, 1.807) is 6.08 Å². The van der Waals surface area contributed by atoms with Crippen LogP contribution in [-0.2, 0) is 22.6 Å². The number of fused-ring (bicyclic) bond motifs is 1. The summed E-state index contributed by atoms with van der Waals surface area (Å²) in [5.41, 5.74) is 2.88. The third-order valence-corrected chi connectivity index (χ3v) is 7.62. The normalized spacial score (nSPS) is 18.0. The Bertz CT molecular complexity index is 1270. The standard InChI is InChI=1S/C28H29N3O3S/c32-26(29-15-8-1-2-9-16-29)20-30-19-22(23-12-6-7-13-24(23)30)18-25-27(33)31(28(34)35-25)17-14-21-10-4-3-5-11-21/h3-7,10-13,18-19H,1-2,8-9,14-17,20H2/b25-18-. The van der Waals surface area contributed by atoms with Crippen LogP contribution < -0.4 is 0 Å². The summed E-state index contributed by atoms with van der Waals surface area (Å²) >= 11 is 0.983. The summed E-state index contributed by atoms with van der Waals surface area (Å²) in [5.74, 6) is -0.131. The lowest BCUT2D eigenvalue weighted by Gasteiger charge is -2.20. The lowest BCUT2D eigenvalue weighted by molar-refractivity contribution is -0.131. The number of hydrogen-bond donors (Lipinski definition) is 0. The molecule has 0 N–H and O–H groups in total. The Labute approximate surface area is 209 Å². The van der Waals surface area contributed by atoms with Gasteiger partial charge in [0.05, 0.1) is 4.91 Å². The Morgan fingerprint density at radius 1 is 0.914 bits per heavy atom. The first kappa shape index (κ1) is 23.4. The maximum absolute atomic E-state index is 13.0. The van der Waals surface area contributed by atoms with Crippen LogP contribution in [0.3, 0.4) is 0 Å². The molecule has 2 aliphatic heterocycles. The number of amides is 3. The van der Waals surface area contributed by atoms with Crippen molar-refractivity contribution < 1.29 is 14.4 Å². The lowest BCUT2D eigenvalue weighted by atomic mass is 10.1. The zero-order chi connectivity index (χ0) is 24.2. The van der Waals surface area contributed by atoms with Crippen molar-refractivity contribution in [3.8, 4) is 0 Å². The van der Waals surface area contributed by atoms with Crippen LogP contribution in [0.1, 0.15) is 36.8 Å². The van der Waals surface area contributed by atoms with E-state index in [-0.39, 0.29) is 23.6 Å². The minimum atomic E-state index is -0.256. The summed E-state index contributed by atoms with van der Waals surface area (Å²) < 4.78 is 1.97. The molecular formula is C28H29N3O3S. The minimum absolute atomic E-state index is 0.125. The molecule has 2 saturated heterocycles. The van der Waals surface area contributed by atoms with E-state index >= 15 is 0 Å². The van der Waals surface area contributed by atoms with Gasteiger partial charge >= 0.3 is 0 Å². The monoisotopic (exact) mass is 487 g/mol. The van der Waals surface area contributed by atoms with Crippen LogP contribution in [0, 0.1) is 0 Å². The Hall–Kier alpha value is -3.32. The fourth-order valence-corrected chi connectivity index (χ4v) is 5.66. The highest BCUT2D eigenvalue weighted by Crippen LogP contribution is 2.34. The van der Waals surface area contributed by atoms with Crippen LogP contribution in [0.4, 0.5) is 4.79 Å². The van der Waals surface area contributed by atoms with Crippen molar-refractivity contribution in [1.82, 2.24) is 14.4 Å². The van der Waals surface area contributed by atoms with Gasteiger partial charge in [0.1, 0.15) is 6.54 Å². The number of rotatable bonds is 6. The molecule has 2 aromatic carbocycles. The van der Waals surface area contributed by atoms with Crippen LogP contribution in [0.15, 0.2) is 65.7 Å². The van der Waals surface area contributed by atoms with Gasteiger partial charge in [-0.05, 0) is 48.7 Å². The molecule has 180 valence electrons. The summed E-state index contributed by atoms with van der Waals surface area (Å²) in [5, 5.41) is 0.726. The number of likely N-dealkylation sites (tertiary alicyclic amines) is 1. The van der Waals surface area contributed by atoms with Gasteiger partial charge in [0.15, 0.2) is 0 Å². The van der Waals surface area contributed by atoms with Crippen molar-refractivity contribution in [2.45, 2.75) is 38.6 Å². The fourth-order valence-electron chi connectivity index (χ4n) is 4.81. The molecule has 0 unspecified atom stereocenters. The summed E-state index contributed by atoms with van der Waals surface area (Å²) in [6, 6.07) is 17.7. The molecule has 1 aromatic heterocycles. The molecule has 0 radical (unpaired) electrons. The highest BCUT2D eigenvalue weighted by molar-refractivity contribution is 8.18. The first-order valence-corrected chi connectivity index (χ1v) is 13.1. The van der Waals surface area contributed by atoms with E-state index in [9.17, 15) is 14.4 Å². The van der Waals surface area contributed by atoms with E-state index in [1.807, 2.05) is 70.3 Å². The number of nitrogens with zero attached hydrogens (tertiary/aromatic N) is 3. The minimum Gasteiger partial charge on any atom is -0.341 e. The van der Waals surface area contributed by atoms with Crippen LogP contribution in [0.25, 0.3) is 17.0 Å². The second-order valence-corrected chi connectivity index (χ2v) is 10.1. The molecule has 0 spiro atoms. The molecule has 2 fully saturated rings. The summed E-state index contributed by atoms with van der Waals surface area (Å²) in [6.45, 7) is 2.27. The van der Waals surface area contributed by atoms with Crippen molar-refractivity contribution in [3.05, 3.63) is 76.8 Å². The van der Waals surface area contributed by atoms with Gasteiger partial charge in [-0.15, -0.1) is 0 Å². The van der Waals surface area contributed by atoms with Crippen LogP contribution in [-0.4, -0.2) is 51.1 Å². The van der Waals surface area contributed by atoms with Crippen LogP contribution >= 0.6 is 11.8 Å². The number of carbonyl (C=O) groups excluding carboxylic acids is 3. The SMILES string of the molecule is O=C(Cn1cc(/C=C2\SC(=O)N(CCc3ccccc3)C2=O)c2ccccc21)N1CCCCCC1. The van der Waals surface area contributed by atoms with Gasteiger partial charge in [-0.25, -0.2) is 0 Å². The molecule has 3 amide bonds. The van der Waals surface area contributed by atoms with Crippen LogP contribution in [0.2, 0.25) is 0 Å². The maximum Gasteiger partial charge on any atom is 0.293 e. The van der Waals surface area contributed by atoms with Gasteiger partial charge in [0.2, 0.25) is 5.91 Å². The number of aromatic nitrogens is 1. The Morgan fingerprint density at radius 2 is 1.63 bits per heavy atom. The average Bonchev–Trinajstić information content (AvgIpc) is 3.18. The van der Waals surface area contributed by atoms with E-state index in [0.717, 1.165) is 59.7 Å². The number of benzene rings is 2. The Balaban J connectivity index is 1.36. The van der Waals surface area contributed by atoms with E-state index in [2.05, 4.69) is 0 Å². The summed E-state index contributed by atoms with van der Waals surface area (Å²) in [6.07, 6.45) is 8.83. The fraction of sp³-hybridized carbons (Fsp3) is 0.321. The zero-order valence-electron chi connectivity index (χ0n) is 19.7. The zero-order valence-corrected chi connectivity index (χ0v) is 20.5. The van der Waals surface area contributed by atoms with Crippen molar-refractivity contribution in [3.63, 3.8) is 0 Å². The highest BCUT2D eigenvalue weighted by Gasteiger charge is 2.34. The first-order valence-electron chi connectivity index (χ1n) is 12.2. The molecule has 0 saturated carbocycles. The first-order chi connectivity index (χ1) is 17.1. The van der Waals surface area contributed by atoms with Crippen molar-refractivity contribution in [2.75, 3.05) is 19.6 Å². The summed E-state index contributed by atoms with van der Waals surface area (Å²) in [7, 11) is 0. The third kappa shape index (κ3) is 5.20. The smallest absolute Gasteiger partial charge is 0.293 e. The number of para-hydroxylation sites is 1. The topological polar surface area (TPSA) is 62.6 Å². The second kappa shape index (κ2) is 10.5. The van der Waals surface area contributed by atoms with Gasteiger partial charge in [0.25, 0.3) is 11.1 Å². The Morgan fingerprint density at radius 3 is 2.40 bits per heavy atom. The van der Waals surface area contributed by atoms with Crippen LogP contribution in [0.5, 0.6) is 0 Å². The molecule has 0 atom stereocenters. The van der Waals surface area contributed by atoms with E-state index in [0.29, 0.717) is 17.9 Å². The van der Waals surface area contributed by atoms with Gasteiger partial charge in [0, 0.05) is 42.3 Å². The molecule has 7 heteroatoms. The number of hydrogen-bond acceptors (Lipinski definition) is 4. The molecule has 5 rings (SSSR count). The number of imide groups is 1. The third-order valence-electron chi connectivity index (χ3n) is 6.71. The largest absolute Gasteiger partial charge is 0.341 e. The summed E-state index contributed by atoms with van der Waals surface area (Å²) in [4.78, 5) is 42.4. The molecule has 0 bridgehead atoms. The predicted molar refractivity (Wildman–Crippen MR) is 140 cm³/mol. The average molecular weight is 488 g/mol. The van der Waals surface area contributed by atoms with Gasteiger partial charge in [-0.2, -0.15) is 0 Å². The second-order valence-electron chi connectivity index (χ2n) is 9.09. The molecule has 35 heavy (non-hydrogen) atoms. The molecule has 0 aliphatic carbocycles. The van der Waals surface area contributed by atoms with Gasteiger partial charge in [-0.1, -0.05) is 61.4 Å². The molecule has 3 heterocycles. The highest BCUT2D eigenvalue weighted by atomic mass is 32.2. The quantitative estimate of drug-likeness (QED) is 0.442. The molecular weight excluding hydrogens is 458 g/mol. The number of carbonyl (C=O) groups is 3. The van der Waals surface area contributed by atoms with Crippen molar-refractivity contribution >= 4 is 45.8 Å². The maximum atomic E-state index is 13.0.